The smallest absolute Gasteiger partial charge is 0.222 e. The molecule has 0 unspecified atom stereocenters. The van der Waals surface area contributed by atoms with Crippen molar-refractivity contribution in [2.75, 3.05) is 7.05 Å². The maximum atomic E-state index is 11.4. The van der Waals surface area contributed by atoms with Gasteiger partial charge in [0.25, 0.3) is 0 Å². The minimum Gasteiger partial charge on any atom is -0.339 e. The Hall–Kier alpha value is -1.82. The second-order valence-corrected chi connectivity index (χ2v) is 3.71. The van der Waals surface area contributed by atoms with Crippen LogP contribution in [0.4, 0.5) is 0 Å². The van der Waals surface area contributed by atoms with E-state index in [1.165, 1.54) is 0 Å². The number of hydrogen-bond donors (Lipinski definition) is 0. The Balaban J connectivity index is 2.31. The van der Waals surface area contributed by atoms with E-state index in [-0.39, 0.29) is 11.9 Å². The number of amides is 1. The normalized spacial score (nSPS) is 20.4. The fraction of sp³-hybridized carbons (Fsp3) is 0.333. The Morgan fingerprint density at radius 2 is 2.40 bits per heavy atom. The summed E-state index contributed by atoms with van der Waals surface area (Å²) in [6.07, 6.45) is 10.2. The predicted molar refractivity (Wildman–Crippen MR) is 56.9 cm³/mol. The van der Waals surface area contributed by atoms with Crippen molar-refractivity contribution in [3.63, 3.8) is 0 Å². The minimum absolute atomic E-state index is 0.137. The molecule has 1 saturated heterocycles. The van der Waals surface area contributed by atoms with Crippen LogP contribution < -0.4 is 0 Å². The minimum atomic E-state index is 0.137. The van der Waals surface area contributed by atoms with Crippen molar-refractivity contribution in [2.24, 2.45) is 0 Å². The number of hydrogen-bond acceptors (Lipinski definition) is 2. The maximum Gasteiger partial charge on any atom is 0.222 e. The van der Waals surface area contributed by atoms with Crippen LogP contribution in [-0.2, 0) is 4.79 Å². The van der Waals surface area contributed by atoms with Gasteiger partial charge in [0.05, 0.1) is 6.04 Å². The van der Waals surface area contributed by atoms with Crippen LogP contribution in [0, 0.1) is 12.3 Å². The lowest BCUT2D eigenvalue weighted by Gasteiger charge is -2.19. The molecule has 0 aromatic carbocycles. The maximum absolute atomic E-state index is 11.4. The molecule has 1 atom stereocenters. The number of pyridine rings is 1. The molecule has 1 fully saturated rings. The number of carbonyl (C=O) groups excluding carboxylic acids is 1. The van der Waals surface area contributed by atoms with E-state index >= 15 is 0 Å². The molecule has 2 rings (SSSR count). The summed E-state index contributed by atoms with van der Waals surface area (Å²) < 4.78 is 0. The summed E-state index contributed by atoms with van der Waals surface area (Å²) in [4.78, 5) is 17.2. The molecule has 0 saturated carbocycles. The van der Waals surface area contributed by atoms with E-state index in [1.54, 1.807) is 17.3 Å². The number of carbonyl (C=O) groups is 1. The fourth-order valence-electron chi connectivity index (χ4n) is 1.91. The van der Waals surface area contributed by atoms with Crippen molar-refractivity contribution in [3.05, 3.63) is 29.6 Å². The zero-order valence-corrected chi connectivity index (χ0v) is 8.60. The summed E-state index contributed by atoms with van der Waals surface area (Å²) in [7, 11) is 1.82. The first-order chi connectivity index (χ1) is 7.22. The molecule has 0 spiro atoms. The Morgan fingerprint density at radius 3 is 3.00 bits per heavy atom. The van der Waals surface area contributed by atoms with E-state index < -0.39 is 0 Å². The number of nitrogens with zero attached hydrogens (tertiary/aromatic N) is 2. The molecule has 3 heteroatoms. The highest BCUT2D eigenvalue weighted by atomic mass is 16.2. The van der Waals surface area contributed by atoms with E-state index in [4.69, 9.17) is 6.42 Å². The van der Waals surface area contributed by atoms with Crippen LogP contribution in [0.25, 0.3) is 0 Å². The van der Waals surface area contributed by atoms with Crippen LogP contribution in [0.2, 0.25) is 0 Å². The third kappa shape index (κ3) is 1.71. The Kier molecular flexibility index (Phi) is 2.42. The molecular weight excluding hydrogens is 188 g/mol. The lowest BCUT2D eigenvalue weighted by atomic mass is 10.1. The van der Waals surface area contributed by atoms with E-state index in [0.717, 1.165) is 17.5 Å². The average molecular weight is 200 g/mol. The number of aromatic nitrogens is 1. The molecule has 0 aliphatic carbocycles. The summed E-state index contributed by atoms with van der Waals surface area (Å²) >= 11 is 0. The summed E-state index contributed by atoms with van der Waals surface area (Å²) in [5.74, 6) is 2.74. The second-order valence-electron chi connectivity index (χ2n) is 3.71. The van der Waals surface area contributed by atoms with Gasteiger partial charge in [0.1, 0.15) is 0 Å². The Bertz CT molecular complexity index is 433. The highest BCUT2D eigenvalue weighted by Gasteiger charge is 2.28. The topological polar surface area (TPSA) is 33.2 Å². The van der Waals surface area contributed by atoms with Crippen LogP contribution in [-0.4, -0.2) is 22.8 Å². The molecule has 1 aromatic heterocycles. The second kappa shape index (κ2) is 3.74. The third-order valence-corrected chi connectivity index (χ3v) is 2.80. The van der Waals surface area contributed by atoms with Crippen molar-refractivity contribution in [1.82, 2.24) is 9.88 Å². The van der Waals surface area contributed by atoms with Crippen molar-refractivity contribution in [2.45, 2.75) is 18.9 Å². The average Bonchev–Trinajstić information content (AvgIpc) is 2.60. The molecule has 1 amide bonds. The van der Waals surface area contributed by atoms with Crippen LogP contribution in [0.15, 0.2) is 18.5 Å². The molecule has 2 heterocycles. The van der Waals surface area contributed by atoms with Gasteiger partial charge in [0, 0.05) is 31.4 Å². The van der Waals surface area contributed by atoms with Crippen LogP contribution in [0.3, 0.4) is 0 Å². The first-order valence-corrected chi connectivity index (χ1v) is 4.89. The van der Waals surface area contributed by atoms with Crippen molar-refractivity contribution in [3.8, 4) is 12.3 Å². The highest BCUT2D eigenvalue weighted by Crippen LogP contribution is 2.30. The number of likely N-dealkylation sites (tertiary alicyclic amines) is 1. The largest absolute Gasteiger partial charge is 0.339 e. The van der Waals surface area contributed by atoms with Gasteiger partial charge in [-0.3, -0.25) is 9.78 Å². The molecule has 15 heavy (non-hydrogen) atoms. The number of rotatable bonds is 1. The number of terminal acetylenes is 1. The molecule has 0 bridgehead atoms. The van der Waals surface area contributed by atoms with E-state index in [2.05, 4.69) is 10.9 Å². The lowest BCUT2D eigenvalue weighted by Crippen LogP contribution is -2.22. The summed E-state index contributed by atoms with van der Waals surface area (Å²) in [5.41, 5.74) is 1.79. The first kappa shape index (κ1) is 9.72. The Labute approximate surface area is 89.1 Å². The zero-order valence-electron chi connectivity index (χ0n) is 8.60. The molecule has 0 N–H and O–H groups in total. The zero-order chi connectivity index (χ0) is 10.8. The molecular formula is C12H12N2O. The van der Waals surface area contributed by atoms with Crippen LogP contribution >= 0.6 is 0 Å². The van der Waals surface area contributed by atoms with Gasteiger partial charge in [-0.1, -0.05) is 5.92 Å². The molecule has 0 radical (unpaired) electrons. The van der Waals surface area contributed by atoms with E-state index in [1.807, 2.05) is 13.1 Å². The molecule has 3 nitrogen and oxygen atoms in total. The van der Waals surface area contributed by atoms with Crippen LogP contribution in [0.1, 0.15) is 30.0 Å². The van der Waals surface area contributed by atoms with Gasteiger partial charge >= 0.3 is 0 Å². The summed E-state index contributed by atoms with van der Waals surface area (Å²) in [5, 5.41) is 0. The van der Waals surface area contributed by atoms with Crippen molar-refractivity contribution in [1.29, 1.82) is 0 Å². The van der Waals surface area contributed by atoms with E-state index in [0.29, 0.717) is 6.42 Å². The summed E-state index contributed by atoms with van der Waals surface area (Å²) in [6, 6.07) is 2.06. The van der Waals surface area contributed by atoms with Gasteiger partial charge < -0.3 is 4.90 Å². The first-order valence-electron chi connectivity index (χ1n) is 4.89. The van der Waals surface area contributed by atoms with Crippen molar-refractivity contribution < 1.29 is 4.79 Å². The molecule has 1 aromatic rings. The lowest BCUT2D eigenvalue weighted by molar-refractivity contribution is -0.127. The molecule has 76 valence electrons. The van der Waals surface area contributed by atoms with Gasteiger partial charge in [-0.15, -0.1) is 6.42 Å². The highest BCUT2D eigenvalue weighted by molar-refractivity contribution is 5.78. The van der Waals surface area contributed by atoms with E-state index in [9.17, 15) is 4.79 Å². The van der Waals surface area contributed by atoms with Gasteiger partial charge in [-0.2, -0.15) is 0 Å². The quantitative estimate of drug-likeness (QED) is 0.641. The van der Waals surface area contributed by atoms with Gasteiger partial charge in [-0.05, 0) is 18.1 Å². The summed E-state index contributed by atoms with van der Waals surface area (Å²) in [6.45, 7) is 0. The standard InChI is InChI=1S/C12H12N2O/c1-3-9-6-10(8-13-7-9)11-4-5-12(15)14(11)2/h1,6-8,11H,4-5H2,2H3/t11-/m0/s1. The third-order valence-electron chi connectivity index (χ3n) is 2.80. The Morgan fingerprint density at radius 1 is 1.60 bits per heavy atom. The predicted octanol–water partition coefficient (Wildman–Crippen LogP) is 1.36. The van der Waals surface area contributed by atoms with Crippen LogP contribution in [0.5, 0.6) is 0 Å². The molecule has 1 aliphatic rings. The van der Waals surface area contributed by atoms with Gasteiger partial charge in [0.2, 0.25) is 5.91 Å². The molecule has 1 aliphatic heterocycles. The SMILES string of the molecule is C#Cc1cncc([C@@H]2CCC(=O)N2C)c1. The monoisotopic (exact) mass is 200 g/mol. The fourth-order valence-corrected chi connectivity index (χ4v) is 1.91. The van der Waals surface area contributed by atoms with Gasteiger partial charge in [0.15, 0.2) is 0 Å². The van der Waals surface area contributed by atoms with Crippen molar-refractivity contribution >= 4 is 5.91 Å². The van der Waals surface area contributed by atoms with Gasteiger partial charge in [-0.25, -0.2) is 0 Å².